The molecule has 0 bridgehead atoms. The molecule has 0 saturated carbocycles. The lowest BCUT2D eigenvalue weighted by Crippen LogP contribution is -2.20. The van der Waals surface area contributed by atoms with Gasteiger partial charge in [0.25, 0.3) is 5.91 Å². The monoisotopic (exact) mass is 347 g/mol. The number of nitrogens with two attached hydrogens (primary N) is 1. The molecule has 0 spiro atoms. The highest BCUT2D eigenvalue weighted by Crippen LogP contribution is 2.18. The van der Waals surface area contributed by atoms with E-state index in [1.165, 1.54) is 31.3 Å². The van der Waals surface area contributed by atoms with E-state index in [9.17, 15) is 18.0 Å². The van der Waals surface area contributed by atoms with E-state index in [-0.39, 0.29) is 16.0 Å². The van der Waals surface area contributed by atoms with Crippen LogP contribution in [0.1, 0.15) is 26.3 Å². The second-order valence-corrected chi connectivity index (χ2v) is 6.97. The van der Waals surface area contributed by atoms with Crippen LogP contribution in [0.4, 0.5) is 5.69 Å². The van der Waals surface area contributed by atoms with Crippen LogP contribution >= 0.6 is 0 Å². The lowest BCUT2D eigenvalue weighted by atomic mass is 10.1. The van der Waals surface area contributed by atoms with Crippen molar-refractivity contribution in [2.75, 3.05) is 12.4 Å². The van der Waals surface area contributed by atoms with Gasteiger partial charge in [0.15, 0.2) is 0 Å². The molecular weight excluding hydrogens is 330 g/mol. The number of primary amides is 1. The highest BCUT2D eigenvalue weighted by molar-refractivity contribution is 7.89. The minimum atomic E-state index is -3.65. The number of hydrogen-bond donors (Lipinski definition) is 3. The Morgan fingerprint density at radius 1 is 1.08 bits per heavy atom. The van der Waals surface area contributed by atoms with Gasteiger partial charge in [0.1, 0.15) is 0 Å². The Labute approximate surface area is 139 Å². The predicted octanol–water partition coefficient (Wildman–Crippen LogP) is 1.25. The van der Waals surface area contributed by atoms with Crippen molar-refractivity contribution in [2.45, 2.75) is 11.8 Å². The highest BCUT2D eigenvalue weighted by atomic mass is 32.2. The minimum absolute atomic E-state index is 0.00774. The first kappa shape index (κ1) is 17.6. The number of hydrogen-bond acceptors (Lipinski definition) is 4. The molecule has 0 aliphatic carbocycles. The summed E-state index contributed by atoms with van der Waals surface area (Å²) in [5.74, 6) is -1.09. The third-order valence-corrected chi connectivity index (χ3v) is 4.85. The lowest BCUT2D eigenvalue weighted by Gasteiger charge is -2.10. The third kappa shape index (κ3) is 3.79. The molecule has 2 amide bonds. The molecule has 0 unspecified atom stereocenters. The van der Waals surface area contributed by atoms with Crippen molar-refractivity contribution < 1.29 is 18.0 Å². The maximum Gasteiger partial charge on any atom is 0.255 e. The van der Waals surface area contributed by atoms with E-state index in [1.807, 2.05) is 0 Å². The molecule has 0 radical (unpaired) electrons. The van der Waals surface area contributed by atoms with Crippen molar-refractivity contribution in [3.05, 3.63) is 59.2 Å². The number of sulfonamides is 1. The molecule has 8 heteroatoms. The maximum atomic E-state index is 12.4. The van der Waals surface area contributed by atoms with Gasteiger partial charge in [-0.15, -0.1) is 0 Å². The Balaban J connectivity index is 2.35. The van der Waals surface area contributed by atoms with Gasteiger partial charge in [-0.05, 0) is 49.9 Å². The summed E-state index contributed by atoms with van der Waals surface area (Å²) in [5, 5.41) is 2.63. The van der Waals surface area contributed by atoms with E-state index in [0.29, 0.717) is 11.3 Å². The fourth-order valence-corrected chi connectivity index (χ4v) is 2.84. The summed E-state index contributed by atoms with van der Waals surface area (Å²) in [4.78, 5) is 23.6. The number of carbonyl (C=O) groups excluding carboxylic acids is 2. The fraction of sp³-hybridized carbons (Fsp3) is 0.125. The van der Waals surface area contributed by atoms with Crippen LogP contribution in [0.2, 0.25) is 0 Å². The Bertz CT molecular complexity index is 907. The van der Waals surface area contributed by atoms with Crippen LogP contribution in [0.15, 0.2) is 47.4 Å². The number of carbonyl (C=O) groups is 2. The van der Waals surface area contributed by atoms with Crippen LogP contribution in [-0.2, 0) is 10.0 Å². The van der Waals surface area contributed by atoms with Gasteiger partial charge < -0.3 is 11.1 Å². The smallest absolute Gasteiger partial charge is 0.255 e. The Morgan fingerprint density at radius 2 is 1.79 bits per heavy atom. The molecule has 0 saturated heterocycles. The maximum absolute atomic E-state index is 12.4. The largest absolute Gasteiger partial charge is 0.366 e. The zero-order valence-electron chi connectivity index (χ0n) is 13.2. The lowest BCUT2D eigenvalue weighted by molar-refractivity contribution is 0.0996. The number of rotatable bonds is 5. The van der Waals surface area contributed by atoms with E-state index < -0.39 is 21.8 Å². The summed E-state index contributed by atoms with van der Waals surface area (Å²) in [6.07, 6.45) is 0. The molecule has 0 heterocycles. The zero-order chi connectivity index (χ0) is 17.9. The summed E-state index contributed by atoms with van der Waals surface area (Å²) in [5.41, 5.74) is 6.69. The quantitative estimate of drug-likeness (QED) is 0.754. The third-order valence-electron chi connectivity index (χ3n) is 3.44. The molecule has 2 aromatic rings. The van der Waals surface area contributed by atoms with E-state index in [2.05, 4.69) is 10.0 Å². The van der Waals surface area contributed by atoms with Crippen molar-refractivity contribution in [1.82, 2.24) is 4.72 Å². The van der Waals surface area contributed by atoms with Gasteiger partial charge in [-0.2, -0.15) is 0 Å². The van der Waals surface area contributed by atoms with Crippen LogP contribution in [0.5, 0.6) is 0 Å². The predicted molar refractivity (Wildman–Crippen MR) is 90.3 cm³/mol. The van der Waals surface area contributed by atoms with Crippen molar-refractivity contribution in [1.29, 1.82) is 0 Å². The summed E-state index contributed by atoms with van der Waals surface area (Å²) < 4.78 is 25.9. The summed E-state index contributed by atoms with van der Waals surface area (Å²) in [6, 6.07) is 10.4. The molecule has 2 aromatic carbocycles. The van der Waals surface area contributed by atoms with Crippen LogP contribution in [-0.4, -0.2) is 27.3 Å². The van der Waals surface area contributed by atoms with E-state index in [1.54, 1.807) is 25.1 Å². The van der Waals surface area contributed by atoms with Gasteiger partial charge >= 0.3 is 0 Å². The molecule has 2 rings (SSSR count). The highest BCUT2D eigenvalue weighted by Gasteiger charge is 2.17. The fourth-order valence-electron chi connectivity index (χ4n) is 2.08. The molecule has 4 N–H and O–H groups in total. The topological polar surface area (TPSA) is 118 Å². The summed E-state index contributed by atoms with van der Waals surface area (Å²) in [7, 11) is -2.36. The average Bonchev–Trinajstić information content (AvgIpc) is 2.55. The molecule has 126 valence electrons. The van der Waals surface area contributed by atoms with E-state index in [4.69, 9.17) is 5.73 Å². The van der Waals surface area contributed by atoms with Crippen LogP contribution < -0.4 is 15.8 Å². The van der Waals surface area contributed by atoms with E-state index in [0.717, 1.165) is 0 Å². The van der Waals surface area contributed by atoms with Gasteiger partial charge in [-0.25, -0.2) is 13.1 Å². The number of amides is 2. The molecule has 24 heavy (non-hydrogen) atoms. The van der Waals surface area contributed by atoms with Gasteiger partial charge in [0, 0.05) is 16.8 Å². The molecule has 0 fully saturated rings. The molecule has 0 aliphatic rings. The second kappa shape index (κ2) is 6.81. The zero-order valence-corrected chi connectivity index (χ0v) is 14.0. The van der Waals surface area contributed by atoms with Crippen molar-refractivity contribution in [3.8, 4) is 0 Å². The Hall–Kier alpha value is -2.71. The first-order chi connectivity index (χ1) is 11.2. The van der Waals surface area contributed by atoms with E-state index >= 15 is 0 Å². The number of benzene rings is 2. The normalized spacial score (nSPS) is 11.1. The number of anilines is 1. The molecule has 0 aliphatic heterocycles. The summed E-state index contributed by atoms with van der Waals surface area (Å²) in [6.45, 7) is 1.70. The van der Waals surface area contributed by atoms with Gasteiger partial charge in [-0.3, -0.25) is 9.59 Å². The minimum Gasteiger partial charge on any atom is -0.366 e. The molecule has 0 aromatic heterocycles. The molecular formula is C16H17N3O4S. The Kier molecular flexibility index (Phi) is 5.01. The second-order valence-electron chi connectivity index (χ2n) is 5.08. The summed E-state index contributed by atoms with van der Waals surface area (Å²) >= 11 is 0. The standard InChI is InChI=1S/C16H17N3O4S/c1-10-6-7-13(24(22,23)18-2)9-14(10)16(21)19-12-5-3-4-11(8-12)15(17)20/h3-9,18H,1-2H3,(H2,17,20)(H,19,21). The first-order valence-electron chi connectivity index (χ1n) is 7.00. The van der Waals surface area contributed by atoms with Crippen LogP contribution in [0.25, 0.3) is 0 Å². The van der Waals surface area contributed by atoms with Crippen molar-refractivity contribution >= 4 is 27.5 Å². The number of nitrogens with one attached hydrogen (secondary N) is 2. The average molecular weight is 347 g/mol. The van der Waals surface area contributed by atoms with Gasteiger partial charge in [0.05, 0.1) is 4.90 Å². The molecule has 7 nitrogen and oxygen atoms in total. The van der Waals surface area contributed by atoms with Crippen LogP contribution in [0, 0.1) is 6.92 Å². The number of aryl methyl sites for hydroxylation is 1. The SMILES string of the molecule is CNS(=O)(=O)c1ccc(C)c(C(=O)Nc2cccc(C(N)=O)c2)c1. The van der Waals surface area contributed by atoms with Crippen molar-refractivity contribution in [2.24, 2.45) is 5.73 Å². The first-order valence-corrected chi connectivity index (χ1v) is 8.48. The van der Waals surface area contributed by atoms with Crippen molar-refractivity contribution in [3.63, 3.8) is 0 Å². The van der Waals surface area contributed by atoms with Gasteiger partial charge in [-0.1, -0.05) is 12.1 Å². The Morgan fingerprint density at radius 3 is 2.42 bits per heavy atom. The van der Waals surface area contributed by atoms with Gasteiger partial charge in [0.2, 0.25) is 15.9 Å². The molecule has 0 atom stereocenters. The van der Waals surface area contributed by atoms with Crippen LogP contribution in [0.3, 0.4) is 0 Å².